The summed E-state index contributed by atoms with van der Waals surface area (Å²) < 4.78 is 15.1. The second-order valence-electron chi connectivity index (χ2n) is 35.1. The van der Waals surface area contributed by atoms with Crippen LogP contribution in [0.2, 0.25) is 0 Å². The van der Waals surface area contributed by atoms with Gasteiger partial charge in [-0.1, -0.05) is 206 Å². The number of unbranched alkanes of at least 4 members (excludes halogenated alkanes) is 4. The highest BCUT2D eigenvalue weighted by Gasteiger charge is 2.22. The highest BCUT2D eigenvalue weighted by atomic mass is 32.1. The summed E-state index contributed by atoms with van der Waals surface area (Å²) in [6.45, 7) is 17.1. The molecule has 10 aromatic carbocycles. The van der Waals surface area contributed by atoms with E-state index < -0.39 is 6.10 Å². The Labute approximate surface area is 844 Å². The van der Waals surface area contributed by atoms with E-state index in [4.69, 9.17) is 50.7 Å². The molecule has 19 rings (SSSR count). The third kappa shape index (κ3) is 29.5. The Morgan fingerprint density at radius 3 is 1.12 bits per heavy atom. The lowest BCUT2D eigenvalue weighted by Crippen LogP contribution is -2.34. The molecule has 29 heteroatoms. The van der Waals surface area contributed by atoms with Crippen LogP contribution in [0.5, 0.6) is 0 Å². The van der Waals surface area contributed by atoms with Crippen LogP contribution in [0.25, 0.3) is 64.4 Å². The van der Waals surface area contributed by atoms with Crippen molar-refractivity contribution in [2.45, 2.75) is 159 Å². The number of aliphatic hydroxyl groups is 2. The number of nitrogens with zero attached hydrogens (tertiary/aromatic N) is 25. The number of rotatable bonds is 40. The third-order valence-corrected chi connectivity index (χ3v) is 25.3. The molecule has 0 saturated carbocycles. The van der Waals surface area contributed by atoms with Gasteiger partial charge in [0.05, 0.1) is 180 Å². The molecule has 0 bridgehead atoms. The van der Waals surface area contributed by atoms with Crippen LogP contribution in [-0.2, 0) is 83.3 Å². The van der Waals surface area contributed by atoms with Gasteiger partial charge in [-0.15, -0.1) is 52.1 Å². The van der Waals surface area contributed by atoms with Crippen LogP contribution in [0.4, 0.5) is 5.69 Å². The van der Waals surface area contributed by atoms with Crippen LogP contribution in [0.15, 0.2) is 310 Å². The molecule has 0 aliphatic rings. The number of hydrogen-bond donors (Lipinski definition) is 2. The van der Waals surface area contributed by atoms with E-state index in [2.05, 4.69) is 217 Å². The first-order valence-corrected chi connectivity index (χ1v) is 48.6. The minimum atomic E-state index is -0.870. The standard InChI is InChI=1S/C35H27N7S.C28H32N6.C26H28N6O.C24H24N6O2.2CH4/c1-24-6-17-32-33(18-24)43-35(39-32)28-12-15-30(16-13-28)41(21-29-14-11-27-4-2-3-5-31(27)38-29)22-34-40-37-23-42(34)20-26-9-7-25(19-36)8-10-26;1-2-3-4-5-8-17-33(20-26-16-15-25-9-6-7-10-27(25)31-26)21-28-32-30-22-34(28)19-24-13-11-23(18-29)12-14-24;1-2-14-33-15-13-31(18-24-12-11-23-5-3-4-6-25(23)29-24)19-26-30-28-20-32(26)17-22-9-7-21(16-27)8-10-22;25-11-18-5-7-19(8-6-18)12-30-17-26-28-24(30)15-29(14-22(32)16-31)13-21-10-9-20-3-1-2-4-23(20)27-21;;/h2-18,23H,20-22H2,1H3;6-7,9-16,22H,2-5,8,17,19-21H2,1H3;3-12,20H,2,13-15,17-19H2,1H3;1-10,17,22,31-32H,12-16H2;2*1H4. The van der Waals surface area contributed by atoms with Crippen molar-refractivity contribution in [2.75, 3.05) is 44.4 Å². The van der Waals surface area contributed by atoms with Crippen LogP contribution in [0, 0.1) is 52.2 Å². The Hall–Kier alpha value is -16.2. The zero-order valence-corrected chi connectivity index (χ0v) is 80.7. The summed E-state index contributed by atoms with van der Waals surface area (Å²) in [6.07, 6.45) is 13.4. The number of ether oxygens (including phenoxy) is 1. The molecule has 0 radical (unpaired) electrons. The molecule has 0 aliphatic heterocycles. The maximum Gasteiger partial charge on any atom is 0.152 e. The molecule has 0 saturated heterocycles. The first-order chi connectivity index (χ1) is 69.7. The molecule has 9 aromatic heterocycles. The third-order valence-electron chi connectivity index (χ3n) is 24.3. The molecule has 0 amide bonds. The number of aryl methyl sites for hydroxylation is 1. The molecule has 0 fully saturated rings. The second-order valence-corrected chi connectivity index (χ2v) is 36.1. The fraction of sp³-hybridized carbons (Fsp3) is 0.261. The van der Waals surface area contributed by atoms with Gasteiger partial charge in [-0.25, -0.2) is 4.98 Å². The number of pyridine rings is 4. The largest absolute Gasteiger partial charge is 0.394 e. The van der Waals surface area contributed by atoms with Crippen molar-refractivity contribution in [3.8, 4) is 34.8 Å². The summed E-state index contributed by atoms with van der Waals surface area (Å²) in [5, 5.41) is 95.3. The zero-order valence-electron chi connectivity index (χ0n) is 79.9. The van der Waals surface area contributed by atoms with Crippen LogP contribution in [0.1, 0.15) is 163 Å². The van der Waals surface area contributed by atoms with Gasteiger partial charge in [0.25, 0.3) is 0 Å². The van der Waals surface area contributed by atoms with Crippen molar-refractivity contribution >= 4 is 70.9 Å². The van der Waals surface area contributed by atoms with Gasteiger partial charge in [0.15, 0.2) is 5.82 Å². The zero-order chi connectivity index (χ0) is 98.0. The Morgan fingerprint density at radius 1 is 0.361 bits per heavy atom. The maximum atomic E-state index is 10.1. The van der Waals surface area contributed by atoms with Crippen LogP contribution < -0.4 is 4.90 Å². The molecule has 28 nitrogen and oxygen atoms in total. The Kier molecular flexibility index (Phi) is 38.1. The lowest BCUT2D eigenvalue weighted by molar-refractivity contribution is 0.0526. The lowest BCUT2D eigenvalue weighted by Gasteiger charge is -2.25. The molecule has 2 N–H and O–H groups in total. The number of thiazole rings is 1. The minimum absolute atomic E-state index is 0. The summed E-state index contributed by atoms with van der Waals surface area (Å²) in [5.74, 6) is 3.41. The fourth-order valence-corrected chi connectivity index (χ4v) is 17.7. The number of fused-ring (bicyclic) bond motifs is 5. The predicted octanol–water partition coefficient (Wildman–Crippen LogP) is 20.8. The van der Waals surface area contributed by atoms with Crippen molar-refractivity contribution < 1.29 is 14.9 Å². The van der Waals surface area contributed by atoms with E-state index in [1.54, 1.807) is 48.8 Å². The van der Waals surface area contributed by atoms with Crippen molar-refractivity contribution in [1.29, 1.82) is 21.0 Å². The number of nitriles is 4. The SMILES string of the molecule is C.C.CCCCCCCN(Cc1ccc2ccccc2n1)Cc1nncn1Cc1ccc(C#N)cc1.CCCOCCN(Cc1ccc2ccccc2n1)Cc1nncn1Cc1ccc(C#N)cc1.Cc1ccc2nc(-c3ccc(N(Cc4ccc5ccccc5n4)Cc4nncn4Cc4ccc(C#N)cc4)cc3)sc2c1.N#Cc1ccc(Cn2cnnc2CN(Cc2ccc3ccccc3n2)CC(O)CO)cc1. The average molecular weight is 1930 g/mol. The quantitative estimate of drug-likeness (QED) is 0.0337. The number of para-hydroxylation sites is 4. The molecule has 728 valence electrons. The molecule has 0 spiro atoms. The van der Waals surface area contributed by atoms with Crippen molar-refractivity contribution in [2.24, 2.45) is 0 Å². The van der Waals surface area contributed by atoms with E-state index in [1.807, 2.05) is 179 Å². The Bertz CT molecular complexity index is 7480. The molecule has 1 atom stereocenters. The van der Waals surface area contributed by atoms with Gasteiger partial charge in [-0.2, -0.15) is 21.0 Å². The summed E-state index contributed by atoms with van der Waals surface area (Å²) in [7, 11) is 0. The Morgan fingerprint density at radius 2 is 0.729 bits per heavy atom. The van der Waals surface area contributed by atoms with Gasteiger partial charge >= 0.3 is 0 Å². The van der Waals surface area contributed by atoms with E-state index in [0.717, 1.165) is 174 Å². The van der Waals surface area contributed by atoms with Gasteiger partial charge in [-0.3, -0.25) is 34.6 Å². The number of anilines is 1. The highest BCUT2D eigenvalue weighted by Crippen LogP contribution is 2.34. The second kappa shape index (κ2) is 52.9. The lowest BCUT2D eigenvalue weighted by atomic mass is 10.1. The monoisotopic (exact) mass is 1930 g/mol. The average Bonchev–Trinajstić information content (AvgIpc) is 1.73. The highest BCUT2D eigenvalue weighted by molar-refractivity contribution is 7.21. The normalized spacial score (nSPS) is 11.2. The van der Waals surface area contributed by atoms with Gasteiger partial charge < -0.3 is 38.1 Å². The summed E-state index contributed by atoms with van der Waals surface area (Å²) in [6, 6.07) is 103. The number of aliphatic hydroxyl groups excluding tert-OH is 2. The molecule has 1 unspecified atom stereocenters. The van der Waals surface area contributed by atoms with E-state index >= 15 is 0 Å². The predicted molar refractivity (Wildman–Crippen MR) is 567 cm³/mol. The van der Waals surface area contributed by atoms with E-state index in [-0.39, 0.29) is 28.0 Å². The summed E-state index contributed by atoms with van der Waals surface area (Å²) >= 11 is 1.72. The molecule has 9 heterocycles. The van der Waals surface area contributed by atoms with Gasteiger partial charge in [0, 0.05) is 72.1 Å². The smallest absolute Gasteiger partial charge is 0.152 e. The van der Waals surface area contributed by atoms with Crippen molar-refractivity contribution in [1.82, 2.24) is 98.7 Å². The first kappa shape index (κ1) is 104. The van der Waals surface area contributed by atoms with Crippen LogP contribution in [-0.4, -0.2) is 154 Å². The van der Waals surface area contributed by atoms with Gasteiger partial charge in [0.1, 0.15) is 47.8 Å². The first-order valence-electron chi connectivity index (χ1n) is 47.8. The van der Waals surface area contributed by atoms with Gasteiger partial charge in [-0.05, 0) is 188 Å². The van der Waals surface area contributed by atoms with Crippen LogP contribution >= 0.6 is 11.3 Å². The molecular formula is C115H119N25O3S. The molecule has 0 aliphatic carbocycles. The summed E-state index contributed by atoms with van der Waals surface area (Å²) in [4.78, 5) is 33.3. The van der Waals surface area contributed by atoms with Crippen LogP contribution in [0.3, 0.4) is 0 Å². The topological polar surface area (TPSA) is 345 Å². The molecular weight excluding hydrogens is 1810 g/mol. The summed E-state index contributed by atoms with van der Waals surface area (Å²) in [5.41, 5.74) is 19.2. The molecule has 144 heavy (non-hydrogen) atoms. The number of benzene rings is 10. The minimum Gasteiger partial charge on any atom is -0.394 e. The van der Waals surface area contributed by atoms with Crippen molar-refractivity contribution in [3.05, 3.63) is 407 Å². The van der Waals surface area contributed by atoms with Crippen molar-refractivity contribution in [3.63, 3.8) is 0 Å². The van der Waals surface area contributed by atoms with E-state index in [9.17, 15) is 10.2 Å². The Balaban J connectivity index is 0.000000153. The van der Waals surface area contributed by atoms with E-state index in [0.29, 0.717) is 94.3 Å². The van der Waals surface area contributed by atoms with E-state index in [1.165, 1.54) is 41.3 Å². The fourth-order valence-electron chi connectivity index (χ4n) is 16.7. The molecule has 19 aromatic rings. The maximum absolute atomic E-state index is 10.1. The number of aromatic nitrogens is 17. The number of hydrogen-bond acceptors (Lipinski definition) is 25. The van der Waals surface area contributed by atoms with Gasteiger partial charge in [0.2, 0.25) is 0 Å².